The highest BCUT2D eigenvalue weighted by Gasteiger charge is 2.27. The number of nitrogens with zero attached hydrogens (tertiary/aromatic N) is 2. The molecule has 0 spiro atoms. The summed E-state index contributed by atoms with van der Waals surface area (Å²) in [6, 6.07) is 15.2. The summed E-state index contributed by atoms with van der Waals surface area (Å²) in [5.41, 5.74) is 4.86. The first-order chi connectivity index (χ1) is 14.0. The van der Waals surface area contributed by atoms with Gasteiger partial charge in [0.05, 0.1) is 6.04 Å². The Kier molecular flexibility index (Phi) is 6.88. The number of piperazine rings is 1. The molecule has 0 bridgehead atoms. The van der Waals surface area contributed by atoms with Crippen molar-refractivity contribution in [1.82, 2.24) is 15.5 Å². The first-order valence-electron chi connectivity index (χ1n) is 10.1. The van der Waals surface area contributed by atoms with Gasteiger partial charge in [0, 0.05) is 38.4 Å². The van der Waals surface area contributed by atoms with Crippen molar-refractivity contribution in [2.45, 2.75) is 33.4 Å². The molecule has 154 valence electrons. The largest absolute Gasteiger partial charge is 0.369 e. The van der Waals surface area contributed by atoms with E-state index in [0.29, 0.717) is 6.54 Å². The Bertz CT molecular complexity index is 845. The number of aryl methyl sites for hydroxylation is 1. The van der Waals surface area contributed by atoms with E-state index in [9.17, 15) is 9.59 Å². The van der Waals surface area contributed by atoms with Crippen molar-refractivity contribution in [2.75, 3.05) is 31.1 Å². The summed E-state index contributed by atoms with van der Waals surface area (Å²) in [7, 11) is 0. The summed E-state index contributed by atoms with van der Waals surface area (Å²) in [5, 5.41) is 5.19. The average molecular weight is 395 g/mol. The fourth-order valence-electron chi connectivity index (χ4n) is 3.63. The second-order valence-electron chi connectivity index (χ2n) is 7.58. The van der Waals surface area contributed by atoms with E-state index >= 15 is 0 Å². The Morgan fingerprint density at radius 3 is 2.34 bits per heavy atom. The number of hydrogen-bond donors (Lipinski definition) is 2. The summed E-state index contributed by atoms with van der Waals surface area (Å²) < 4.78 is 0. The highest BCUT2D eigenvalue weighted by atomic mass is 16.2. The lowest BCUT2D eigenvalue weighted by atomic mass is 10.1. The first-order valence-corrected chi connectivity index (χ1v) is 10.1. The van der Waals surface area contributed by atoms with Crippen LogP contribution in [0, 0.1) is 13.8 Å². The summed E-state index contributed by atoms with van der Waals surface area (Å²) in [5.74, 6) is -0.268. The second-order valence-corrected chi connectivity index (χ2v) is 7.58. The van der Waals surface area contributed by atoms with Gasteiger partial charge in [0.15, 0.2) is 0 Å². The molecule has 0 radical (unpaired) electrons. The van der Waals surface area contributed by atoms with Crippen LogP contribution in [0.2, 0.25) is 0 Å². The number of rotatable bonds is 5. The van der Waals surface area contributed by atoms with Crippen LogP contribution >= 0.6 is 0 Å². The summed E-state index contributed by atoms with van der Waals surface area (Å²) in [6.07, 6.45) is 0. The van der Waals surface area contributed by atoms with Crippen LogP contribution in [0.3, 0.4) is 0 Å². The molecule has 3 rings (SSSR count). The van der Waals surface area contributed by atoms with Gasteiger partial charge in [-0.05, 0) is 43.5 Å². The molecule has 1 heterocycles. The zero-order valence-electron chi connectivity index (χ0n) is 17.4. The van der Waals surface area contributed by atoms with Crippen molar-refractivity contribution in [2.24, 2.45) is 0 Å². The number of imide groups is 1. The zero-order chi connectivity index (χ0) is 20.8. The minimum Gasteiger partial charge on any atom is -0.369 e. The van der Waals surface area contributed by atoms with Gasteiger partial charge >= 0.3 is 6.03 Å². The van der Waals surface area contributed by atoms with E-state index < -0.39 is 6.03 Å². The van der Waals surface area contributed by atoms with Crippen molar-refractivity contribution in [3.8, 4) is 0 Å². The second kappa shape index (κ2) is 9.56. The lowest BCUT2D eigenvalue weighted by Gasteiger charge is -2.39. The molecule has 1 aliphatic heterocycles. The first kappa shape index (κ1) is 20.9. The maximum Gasteiger partial charge on any atom is 0.321 e. The molecule has 2 aromatic carbocycles. The van der Waals surface area contributed by atoms with Crippen molar-refractivity contribution >= 4 is 17.6 Å². The lowest BCUT2D eigenvalue weighted by Crippen LogP contribution is -2.55. The van der Waals surface area contributed by atoms with Crippen molar-refractivity contribution in [3.05, 3.63) is 65.2 Å². The van der Waals surface area contributed by atoms with E-state index in [1.54, 1.807) is 0 Å². The molecule has 3 amide bonds. The third-order valence-corrected chi connectivity index (χ3v) is 5.69. The Labute approximate surface area is 172 Å². The molecule has 0 aromatic heterocycles. The van der Waals surface area contributed by atoms with Crippen LogP contribution in [0.5, 0.6) is 0 Å². The number of amides is 3. The Balaban J connectivity index is 1.47. The summed E-state index contributed by atoms with van der Waals surface area (Å²) in [4.78, 5) is 29.0. The topological polar surface area (TPSA) is 64.7 Å². The number of anilines is 1. The van der Waals surface area contributed by atoms with Crippen molar-refractivity contribution < 1.29 is 9.59 Å². The Hall–Kier alpha value is -2.86. The monoisotopic (exact) mass is 394 g/mol. The average Bonchev–Trinajstić information content (AvgIpc) is 2.74. The summed E-state index contributed by atoms with van der Waals surface area (Å²) in [6.45, 7) is 9.83. The predicted molar refractivity (Wildman–Crippen MR) is 116 cm³/mol. The van der Waals surface area contributed by atoms with Gasteiger partial charge < -0.3 is 10.2 Å². The summed E-state index contributed by atoms with van der Waals surface area (Å²) >= 11 is 0. The van der Waals surface area contributed by atoms with E-state index in [2.05, 4.69) is 52.5 Å². The van der Waals surface area contributed by atoms with E-state index in [0.717, 1.165) is 31.7 Å². The van der Waals surface area contributed by atoms with Crippen LogP contribution in [0.1, 0.15) is 23.6 Å². The standard InChI is InChI=1S/C23H30N4O2/c1-17-8-7-11-21(18(17)2)27-14-12-26(13-15-27)19(3)22(28)25-23(29)24-16-20-9-5-4-6-10-20/h4-11,19H,12-16H2,1-3H3,(H2,24,25,28,29). The molecule has 1 saturated heterocycles. The van der Waals surface area contributed by atoms with E-state index in [1.165, 1.54) is 16.8 Å². The maximum absolute atomic E-state index is 12.5. The van der Waals surface area contributed by atoms with E-state index in [-0.39, 0.29) is 11.9 Å². The minimum atomic E-state index is -0.459. The number of carbonyl (C=O) groups is 2. The van der Waals surface area contributed by atoms with Crippen LogP contribution in [0.25, 0.3) is 0 Å². The normalized spacial score (nSPS) is 15.6. The SMILES string of the molecule is Cc1cccc(N2CCN(C(C)C(=O)NC(=O)NCc3ccccc3)CC2)c1C. The van der Waals surface area contributed by atoms with Gasteiger partial charge in [-0.25, -0.2) is 4.79 Å². The van der Waals surface area contributed by atoms with Gasteiger partial charge in [-0.2, -0.15) is 0 Å². The fourth-order valence-corrected chi connectivity index (χ4v) is 3.63. The highest BCUT2D eigenvalue weighted by molar-refractivity contribution is 5.96. The van der Waals surface area contributed by atoms with Crippen molar-refractivity contribution in [1.29, 1.82) is 0 Å². The van der Waals surface area contributed by atoms with E-state index in [4.69, 9.17) is 0 Å². The molecular formula is C23H30N4O2. The van der Waals surface area contributed by atoms with Gasteiger partial charge in [0.1, 0.15) is 0 Å². The van der Waals surface area contributed by atoms with Crippen molar-refractivity contribution in [3.63, 3.8) is 0 Å². The molecule has 6 heteroatoms. The number of urea groups is 1. The molecule has 6 nitrogen and oxygen atoms in total. The number of nitrogens with one attached hydrogen (secondary N) is 2. The van der Waals surface area contributed by atoms with Crippen LogP contribution in [-0.2, 0) is 11.3 Å². The maximum atomic E-state index is 12.5. The quantitative estimate of drug-likeness (QED) is 0.819. The molecule has 1 fully saturated rings. The Morgan fingerprint density at radius 1 is 0.966 bits per heavy atom. The zero-order valence-corrected chi connectivity index (χ0v) is 17.4. The van der Waals surface area contributed by atoms with Gasteiger partial charge in [0.2, 0.25) is 5.91 Å². The highest BCUT2D eigenvalue weighted by Crippen LogP contribution is 2.24. The van der Waals surface area contributed by atoms with Gasteiger partial charge in [0.25, 0.3) is 0 Å². The molecule has 2 aromatic rings. The van der Waals surface area contributed by atoms with Crippen LogP contribution < -0.4 is 15.5 Å². The Morgan fingerprint density at radius 2 is 1.66 bits per heavy atom. The van der Waals surface area contributed by atoms with Crippen LogP contribution in [0.4, 0.5) is 10.5 Å². The van der Waals surface area contributed by atoms with Gasteiger partial charge in [-0.3, -0.25) is 15.0 Å². The molecule has 2 N–H and O–H groups in total. The molecule has 1 unspecified atom stereocenters. The molecule has 0 aliphatic carbocycles. The third-order valence-electron chi connectivity index (χ3n) is 5.69. The molecule has 1 atom stereocenters. The molecule has 0 saturated carbocycles. The van der Waals surface area contributed by atoms with Crippen LogP contribution in [-0.4, -0.2) is 49.1 Å². The molecular weight excluding hydrogens is 364 g/mol. The molecule has 29 heavy (non-hydrogen) atoms. The van der Waals surface area contributed by atoms with E-state index in [1.807, 2.05) is 37.3 Å². The third kappa shape index (κ3) is 5.35. The lowest BCUT2D eigenvalue weighted by molar-refractivity contribution is -0.124. The number of benzene rings is 2. The smallest absolute Gasteiger partial charge is 0.321 e. The fraction of sp³-hybridized carbons (Fsp3) is 0.391. The number of hydrogen-bond acceptors (Lipinski definition) is 4. The number of carbonyl (C=O) groups excluding carboxylic acids is 2. The van der Waals surface area contributed by atoms with Crippen LogP contribution in [0.15, 0.2) is 48.5 Å². The predicted octanol–water partition coefficient (Wildman–Crippen LogP) is 2.84. The minimum absolute atomic E-state index is 0.268. The van der Waals surface area contributed by atoms with Gasteiger partial charge in [-0.15, -0.1) is 0 Å². The van der Waals surface area contributed by atoms with Gasteiger partial charge in [-0.1, -0.05) is 42.5 Å². The molecule has 1 aliphatic rings.